The summed E-state index contributed by atoms with van der Waals surface area (Å²) in [5.41, 5.74) is 2.28. The first kappa shape index (κ1) is 20.2. The van der Waals surface area contributed by atoms with Crippen LogP contribution in [0.3, 0.4) is 0 Å². The maximum Gasteiger partial charge on any atom is 0.341 e. The molecule has 2 N–H and O–H groups in total. The molecule has 0 bridgehead atoms. The van der Waals surface area contributed by atoms with Gasteiger partial charge in [0.05, 0.1) is 19.2 Å². The van der Waals surface area contributed by atoms with E-state index in [-0.39, 0.29) is 5.11 Å². The van der Waals surface area contributed by atoms with Crippen molar-refractivity contribution in [2.45, 2.75) is 20.4 Å². The van der Waals surface area contributed by atoms with Crippen LogP contribution in [0.1, 0.15) is 26.4 Å². The Morgan fingerprint density at radius 3 is 2.79 bits per heavy atom. The number of hydrogen-bond acceptors (Lipinski definition) is 6. The number of thiocarbonyl (C=S) groups is 1. The first-order chi connectivity index (χ1) is 13.4. The highest BCUT2D eigenvalue weighted by atomic mass is 35.5. The Hall–Kier alpha value is -2.49. The number of ether oxygens (including phenoxy) is 1. The number of esters is 1. The Bertz CT molecular complexity index is 1030. The maximum absolute atomic E-state index is 12.1. The van der Waals surface area contributed by atoms with Crippen molar-refractivity contribution in [2.24, 2.45) is 0 Å². The zero-order valence-electron chi connectivity index (χ0n) is 15.4. The standard InChI is InChI=1S/C18H18ClN5O2S2/c1-10-11(2)28-15(14(10)16(25)26-3)21-18(27)22-17-20-9-24(23-17)8-12-6-4-5-7-13(12)19/h4-7,9H,8H2,1-3H3,(H2,21,22,23,27). The van der Waals surface area contributed by atoms with Gasteiger partial charge in [-0.1, -0.05) is 29.8 Å². The van der Waals surface area contributed by atoms with Crippen molar-refractivity contribution in [3.63, 3.8) is 0 Å². The lowest BCUT2D eigenvalue weighted by molar-refractivity contribution is 0.0601. The first-order valence-corrected chi connectivity index (χ1v) is 9.88. The first-order valence-electron chi connectivity index (χ1n) is 8.28. The Labute approximate surface area is 176 Å². The summed E-state index contributed by atoms with van der Waals surface area (Å²) >= 11 is 12.9. The largest absolute Gasteiger partial charge is 0.465 e. The third-order valence-electron chi connectivity index (χ3n) is 4.05. The molecule has 3 aromatic rings. The number of benzene rings is 1. The molecule has 2 aromatic heterocycles. The van der Waals surface area contributed by atoms with Crippen molar-refractivity contribution in [3.05, 3.63) is 57.2 Å². The van der Waals surface area contributed by atoms with Crippen molar-refractivity contribution in [3.8, 4) is 0 Å². The molecule has 146 valence electrons. The number of thiophene rings is 1. The zero-order chi connectivity index (χ0) is 20.3. The molecular formula is C18H18ClN5O2S2. The monoisotopic (exact) mass is 435 g/mol. The summed E-state index contributed by atoms with van der Waals surface area (Å²) in [6, 6.07) is 7.55. The molecule has 2 heterocycles. The third kappa shape index (κ3) is 4.49. The van der Waals surface area contributed by atoms with Gasteiger partial charge in [0.1, 0.15) is 11.3 Å². The highest BCUT2D eigenvalue weighted by molar-refractivity contribution is 7.80. The van der Waals surface area contributed by atoms with E-state index in [2.05, 4.69) is 20.7 Å². The number of halogens is 1. The van der Waals surface area contributed by atoms with Crippen molar-refractivity contribution >= 4 is 57.2 Å². The van der Waals surface area contributed by atoms with Gasteiger partial charge in [0.25, 0.3) is 0 Å². The van der Waals surface area contributed by atoms with Gasteiger partial charge < -0.3 is 10.1 Å². The maximum atomic E-state index is 12.1. The Morgan fingerprint density at radius 2 is 2.07 bits per heavy atom. The number of hydrogen-bond donors (Lipinski definition) is 2. The van der Waals surface area contributed by atoms with Gasteiger partial charge in [0.15, 0.2) is 5.11 Å². The van der Waals surface area contributed by atoms with E-state index in [1.807, 2.05) is 38.1 Å². The number of nitrogens with zero attached hydrogens (tertiary/aromatic N) is 3. The van der Waals surface area contributed by atoms with Crippen molar-refractivity contribution in [2.75, 3.05) is 17.7 Å². The summed E-state index contributed by atoms with van der Waals surface area (Å²) in [5.74, 6) is -0.0662. The van der Waals surface area contributed by atoms with Gasteiger partial charge in [-0.25, -0.2) is 14.5 Å². The summed E-state index contributed by atoms with van der Waals surface area (Å²) in [6.45, 7) is 4.30. The van der Waals surface area contributed by atoms with E-state index in [1.165, 1.54) is 18.4 Å². The number of carbonyl (C=O) groups is 1. The van der Waals surface area contributed by atoms with E-state index >= 15 is 0 Å². The van der Waals surface area contributed by atoms with Crippen LogP contribution in [-0.2, 0) is 11.3 Å². The van der Waals surface area contributed by atoms with Crippen LogP contribution >= 0.6 is 35.2 Å². The smallest absolute Gasteiger partial charge is 0.341 e. The molecule has 0 radical (unpaired) electrons. The van der Waals surface area contributed by atoms with E-state index in [4.69, 9.17) is 28.6 Å². The molecule has 1 aromatic carbocycles. The summed E-state index contributed by atoms with van der Waals surface area (Å²) in [7, 11) is 1.35. The van der Waals surface area contributed by atoms with Crippen LogP contribution in [0.5, 0.6) is 0 Å². The Kier molecular flexibility index (Phi) is 6.28. The number of methoxy groups -OCH3 is 1. The highest BCUT2D eigenvalue weighted by Gasteiger charge is 2.21. The number of rotatable bonds is 5. The molecule has 0 spiro atoms. The van der Waals surface area contributed by atoms with Gasteiger partial charge in [-0.3, -0.25) is 5.32 Å². The van der Waals surface area contributed by atoms with Crippen LogP contribution < -0.4 is 10.6 Å². The molecule has 0 unspecified atom stereocenters. The second-order valence-electron chi connectivity index (χ2n) is 5.92. The van der Waals surface area contributed by atoms with E-state index in [0.717, 1.165) is 16.0 Å². The fourth-order valence-electron chi connectivity index (χ4n) is 2.53. The SMILES string of the molecule is COC(=O)c1c(NC(=S)Nc2ncn(Cc3ccccc3Cl)n2)sc(C)c1C. The molecule has 0 saturated heterocycles. The number of aryl methyl sites for hydroxylation is 1. The van der Waals surface area contributed by atoms with E-state index in [1.54, 1.807) is 11.0 Å². The lowest BCUT2D eigenvalue weighted by atomic mass is 10.1. The molecule has 0 aliphatic rings. The van der Waals surface area contributed by atoms with Crippen LogP contribution in [0.2, 0.25) is 5.02 Å². The van der Waals surface area contributed by atoms with Gasteiger partial charge in [-0.05, 0) is 43.3 Å². The number of anilines is 2. The molecule has 0 aliphatic carbocycles. The molecule has 0 atom stereocenters. The quantitative estimate of drug-likeness (QED) is 0.458. The normalized spacial score (nSPS) is 10.6. The molecule has 0 aliphatic heterocycles. The van der Waals surface area contributed by atoms with E-state index in [0.29, 0.717) is 28.1 Å². The predicted octanol–water partition coefficient (Wildman–Crippen LogP) is 4.25. The second kappa shape index (κ2) is 8.68. The van der Waals surface area contributed by atoms with Crippen LogP contribution in [0.4, 0.5) is 10.9 Å². The van der Waals surface area contributed by atoms with Gasteiger partial charge in [0.2, 0.25) is 5.95 Å². The van der Waals surface area contributed by atoms with Crippen LogP contribution in [0, 0.1) is 13.8 Å². The Balaban J connectivity index is 1.68. The van der Waals surface area contributed by atoms with Gasteiger partial charge in [-0.15, -0.1) is 16.4 Å². The third-order valence-corrected chi connectivity index (χ3v) is 5.75. The molecule has 10 heteroatoms. The average Bonchev–Trinajstić information content (AvgIpc) is 3.20. The predicted molar refractivity (Wildman–Crippen MR) is 116 cm³/mol. The zero-order valence-corrected chi connectivity index (χ0v) is 17.8. The number of aromatic nitrogens is 3. The molecule has 0 amide bonds. The van der Waals surface area contributed by atoms with Gasteiger partial charge in [-0.2, -0.15) is 0 Å². The molecule has 3 rings (SSSR count). The van der Waals surface area contributed by atoms with Crippen molar-refractivity contribution in [1.82, 2.24) is 14.8 Å². The highest BCUT2D eigenvalue weighted by Crippen LogP contribution is 2.33. The minimum Gasteiger partial charge on any atom is -0.465 e. The van der Waals surface area contributed by atoms with Crippen LogP contribution in [0.15, 0.2) is 30.6 Å². The molecule has 7 nitrogen and oxygen atoms in total. The summed E-state index contributed by atoms with van der Waals surface area (Å²) in [4.78, 5) is 17.3. The number of carbonyl (C=O) groups excluding carboxylic acids is 1. The van der Waals surface area contributed by atoms with Crippen LogP contribution in [0.25, 0.3) is 0 Å². The molecular weight excluding hydrogens is 418 g/mol. The summed E-state index contributed by atoms with van der Waals surface area (Å²) in [5, 5.41) is 11.9. The summed E-state index contributed by atoms with van der Waals surface area (Å²) < 4.78 is 6.52. The topological polar surface area (TPSA) is 81.1 Å². The molecule has 28 heavy (non-hydrogen) atoms. The van der Waals surface area contributed by atoms with E-state index in [9.17, 15) is 4.79 Å². The summed E-state index contributed by atoms with van der Waals surface area (Å²) in [6.07, 6.45) is 1.59. The fourth-order valence-corrected chi connectivity index (χ4v) is 4.03. The molecule has 0 fully saturated rings. The van der Waals surface area contributed by atoms with Crippen molar-refractivity contribution < 1.29 is 9.53 Å². The van der Waals surface area contributed by atoms with Gasteiger partial charge >= 0.3 is 5.97 Å². The van der Waals surface area contributed by atoms with Crippen molar-refractivity contribution in [1.29, 1.82) is 0 Å². The minimum atomic E-state index is -0.408. The average molecular weight is 436 g/mol. The van der Waals surface area contributed by atoms with Crippen LogP contribution in [-0.4, -0.2) is 33.0 Å². The second-order valence-corrected chi connectivity index (χ2v) is 7.96. The lowest BCUT2D eigenvalue weighted by Crippen LogP contribution is -2.21. The molecule has 0 saturated carbocycles. The Morgan fingerprint density at radius 1 is 1.32 bits per heavy atom. The lowest BCUT2D eigenvalue weighted by Gasteiger charge is -2.08. The van der Waals surface area contributed by atoms with E-state index < -0.39 is 5.97 Å². The van der Waals surface area contributed by atoms with Gasteiger partial charge in [0, 0.05) is 9.90 Å². The number of nitrogens with one attached hydrogen (secondary N) is 2. The fraction of sp³-hybridized carbons (Fsp3) is 0.222. The minimum absolute atomic E-state index is 0.280.